The van der Waals surface area contributed by atoms with Crippen LogP contribution < -0.4 is 5.73 Å². The van der Waals surface area contributed by atoms with Crippen LogP contribution in [0.3, 0.4) is 0 Å². The van der Waals surface area contributed by atoms with Crippen molar-refractivity contribution >= 4 is 34.7 Å². The maximum Gasteiger partial charge on any atom is 0.256 e. The van der Waals surface area contributed by atoms with Crippen LogP contribution in [0.1, 0.15) is 16.8 Å². The first-order valence-electron chi connectivity index (χ1n) is 4.90. The second-order valence-electron chi connectivity index (χ2n) is 3.57. The Morgan fingerprint density at radius 1 is 1.59 bits per heavy atom. The number of benzene rings is 1. The molecule has 0 bridgehead atoms. The summed E-state index contributed by atoms with van der Waals surface area (Å²) in [4.78, 5) is 13.5. The number of carbonyl (C=O) groups excluding carboxylic acids is 1. The molecule has 6 heteroatoms. The molecule has 1 aromatic rings. The average Bonchev–Trinajstić information content (AvgIpc) is 2.28. The molecule has 1 rings (SSSR count). The van der Waals surface area contributed by atoms with E-state index in [1.54, 1.807) is 7.05 Å². The molecule has 0 fully saturated rings. The Kier molecular flexibility index (Phi) is 4.84. The molecule has 0 atom stereocenters. The molecular weight excluding hydrogens is 263 g/mol. The molecule has 0 unspecified atom stereocenters. The van der Waals surface area contributed by atoms with Crippen LogP contribution in [-0.4, -0.2) is 29.4 Å². The maximum absolute atomic E-state index is 13.4. The van der Waals surface area contributed by atoms with Crippen molar-refractivity contribution in [1.82, 2.24) is 4.90 Å². The maximum atomic E-state index is 13.4. The molecule has 0 aromatic heterocycles. The molecule has 0 aliphatic carbocycles. The summed E-state index contributed by atoms with van der Waals surface area (Å²) in [6, 6.07) is 3.86. The summed E-state index contributed by atoms with van der Waals surface area (Å²) in [5.74, 6) is -1.04. The average molecular weight is 275 g/mol. The normalized spacial score (nSPS) is 10.1. The van der Waals surface area contributed by atoms with Crippen LogP contribution in [0.15, 0.2) is 18.2 Å². The molecule has 0 spiro atoms. The van der Waals surface area contributed by atoms with Crippen LogP contribution in [0.4, 0.5) is 4.39 Å². The third-order valence-electron chi connectivity index (χ3n) is 2.20. The molecule has 0 heterocycles. The Bertz CT molecular complexity index is 453. The van der Waals surface area contributed by atoms with Crippen LogP contribution >= 0.6 is 23.8 Å². The number of hydrogen-bond acceptors (Lipinski definition) is 2. The fraction of sp³-hybridized carbons (Fsp3) is 0.273. The first-order valence-corrected chi connectivity index (χ1v) is 5.69. The van der Waals surface area contributed by atoms with Crippen LogP contribution in [-0.2, 0) is 0 Å². The summed E-state index contributed by atoms with van der Waals surface area (Å²) in [5.41, 5.74) is 5.28. The van der Waals surface area contributed by atoms with Gasteiger partial charge >= 0.3 is 0 Å². The zero-order chi connectivity index (χ0) is 13.0. The Labute approximate surface area is 109 Å². The smallest absolute Gasteiger partial charge is 0.256 e. The Balaban J connectivity index is 2.81. The molecule has 0 radical (unpaired) electrons. The molecule has 0 aliphatic rings. The first-order chi connectivity index (χ1) is 7.91. The van der Waals surface area contributed by atoms with Crippen molar-refractivity contribution in [2.24, 2.45) is 5.73 Å². The monoisotopic (exact) mass is 274 g/mol. The molecular formula is C11H12ClFN2OS. The second-order valence-corrected chi connectivity index (χ2v) is 4.53. The largest absolute Gasteiger partial charge is 0.393 e. The number of nitrogens with zero attached hydrogens (tertiary/aromatic N) is 1. The van der Waals surface area contributed by atoms with E-state index in [1.165, 1.54) is 17.0 Å². The van der Waals surface area contributed by atoms with Crippen LogP contribution in [0, 0.1) is 5.82 Å². The zero-order valence-corrected chi connectivity index (χ0v) is 10.8. The Morgan fingerprint density at radius 3 is 2.82 bits per heavy atom. The summed E-state index contributed by atoms with van der Waals surface area (Å²) in [7, 11) is 1.56. The number of carbonyl (C=O) groups is 1. The summed E-state index contributed by atoms with van der Waals surface area (Å²) >= 11 is 10.4. The number of hydrogen-bond donors (Lipinski definition) is 1. The van der Waals surface area contributed by atoms with E-state index in [1.807, 2.05) is 0 Å². The van der Waals surface area contributed by atoms with Crippen molar-refractivity contribution in [2.75, 3.05) is 13.6 Å². The van der Waals surface area contributed by atoms with Crippen LogP contribution in [0.5, 0.6) is 0 Å². The van der Waals surface area contributed by atoms with Crippen LogP contribution in [0.2, 0.25) is 5.02 Å². The van der Waals surface area contributed by atoms with Crippen LogP contribution in [0.25, 0.3) is 0 Å². The van der Waals surface area contributed by atoms with Crippen molar-refractivity contribution in [3.05, 3.63) is 34.6 Å². The first kappa shape index (κ1) is 13.9. The third-order valence-corrected chi connectivity index (χ3v) is 2.64. The lowest BCUT2D eigenvalue weighted by Gasteiger charge is -2.17. The quantitative estimate of drug-likeness (QED) is 0.857. The topological polar surface area (TPSA) is 46.3 Å². The van der Waals surface area contributed by atoms with Gasteiger partial charge in [-0.15, -0.1) is 0 Å². The minimum atomic E-state index is -0.596. The molecule has 92 valence electrons. The highest BCUT2D eigenvalue weighted by Crippen LogP contribution is 2.16. The van der Waals surface area contributed by atoms with E-state index in [0.29, 0.717) is 23.0 Å². The molecule has 0 saturated heterocycles. The minimum absolute atomic E-state index is 0.0528. The van der Waals surface area contributed by atoms with Gasteiger partial charge in [0.25, 0.3) is 5.91 Å². The molecule has 0 saturated carbocycles. The van der Waals surface area contributed by atoms with E-state index >= 15 is 0 Å². The predicted octanol–water partition coefficient (Wildman–Crippen LogP) is 2.23. The van der Waals surface area contributed by atoms with Gasteiger partial charge in [0, 0.05) is 25.0 Å². The molecule has 17 heavy (non-hydrogen) atoms. The predicted molar refractivity (Wildman–Crippen MR) is 69.8 cm³/mol. The fourth-order valence-electron chi connectivity index (χ4n) is 1.25. The summed E-state index contributed by atoms with van der Waals surface area (Å²) in [6.07, 6.45) is 0.403. The van der Waals surface area contributed by atoms with Crippen molar-refractivity contribution in [1.29, 1.82) is 0 Å². The fourth-order valence-corrected chi connectivity index (χ4v) is 1.51. The van der Waals surface area contributed by atoms with Gasteiger partial charge in [-0.05, 0) is 18.2 Å². The lowest BCUT2D eigenvalue weighted by atomic mass is 10.2. The van der Waals surface area contributed by atoms with Gasteiger partial charge in [0.1, 0.15) is 5.82 Å². The van der Waals surface area contributed by atoms with Crippen molar-refractivity contribution in [3.8, 4) is 0 Å². The van der Waals surface area contributed by atoms with Gasteiger partial charge < -0.3 is 10.6 Å². The third kappa shape index (κ3) is 3.94. The summed E-state index contributed by atoms with van der Waals surface area (Å²) < 4.78 is 13.4. The van der Waals surface area contributed by atoms with Gasteiger partial charge in [-0.3, -0.25) is 4.79 Å². The van der Waals surface area contributed by atoms with Crippen molar-refractivity contribution in [3.63, 3.8) is 0 Å². The van der Waals surface area contributed by atoms with Crippen molar-refractivity contribution < 1.29 is 9.18 Å². The molecule has 1 aromatic carbocycles. The van der Waals surface area contributed by atoms with E-state index in [-0.39, 0.29) is 5.56 Å². The van der Waals surface area contributed by atoms with Gasteiger partial charge in [-0.25, -0.2) is 4.39 Å². The highest BCUT2D eigenvalue weighted by Gasteiger charge is 2.16. The minimum Gasteiger partial charge on any atom is -0.393 e. The summed E-state index contributed by atoms with van der Waals surface area (Å²) in [5, 5.41) is 0.317. The number of nitrogens with two attached hydrogens (primary N) is 1. The zero-order valence-electron chi connectivity index (χ0n) is 9.24. The van der Waals surface area contributed by atoms with E-state index in [0.717, 1.165) is 6.07 Å². The van der Waals surface area contributed by atoms with E-state index in [9.17, 15) is 9.18 Å². The second kappa shape index (κ2) is 5.93. The Hall–Kier alpha value is -1.20. The number of rotatable bonds is 4. The van der Waals surface area contributed by atoms with Gasteiger partial charge in [0.05, 0.1) is 10.6 Å². The number of halogens is 2. The Morgan fingerprint density at radius 2 is 2.24 bits per heavy atom. The molecule has 3 nitrogen and oxygen atoms in total. The lowest BCUT2D eigenvalue weighted by molar-refractivity contribution is 0.0794. The number of thiocarbonyl (C=S) groups is 1. The standard InChI is InChI=1S/C11H12ClFN2OS/c1-15(5-4-10(14)17)11(16)8-6-7(12)2-3-9(8)13/h2-3,6H,4-5H2,1H3,(H2,14,17). The molecule has 0 aliphatic heterocycles. The number of amides is 1. The van der Waals surface area contributed by atoms with Gasteiger partial charge in [0.15, 0.2) is 0 Å². The summed E-state index contributed by atoms with van der Waals surface area (Å²) in [6.45, 7) is 0.347. The van der Waals surface area contributed by atoms with E-state index in [4.69, 9.17) is 29.6 Å². The van der Waals surface area contributed by atoms with Gasteiger partial charge in [-0.1, -0.05) is 23.8 Å². The van der Waals surface area contributed by atoms with Gasteiger partial charge in [-0.2, -0.15) is 0 Å². The lowest BCUT2D eigenvalue weighted by Crippen LogP contribution is -2.30. The van der Waals surface area contributed by atoms with E-state index in [2.05, 4.69) is 0 Å². The highest BCUT2D eigenvalue weighted by atomic mass is 35.5. The highest BCUT2D eigenvalue weighted by molar-refractivity contribution is 7.80. The van der Waals surface area contributed by atoms with Crippen molar-refractivity contribution in [2.45, 2.75) is 6.42 Å². The molecule has 2 N–H and O–H groups in total. The SMILES string of the molecule is CN(CCC(N)=S)C(=O)c1cc(Cl)ccc1F. The van der Waals surface area contributed by atoms with Gasteiger partial charge in [0.2, 0.25) is 0 Å². The van der Waals surface area contributed by atoms with E-state index < -0.39 is 11.7 Å². The molecule has 1 amide bonds.